The highest BCUT2D eigenvalue weighted by Crippen LogP contribution is 2.41. The lowest BCUT2D eigenvalue weighted by molar-refractivity contribution is -0.317. The van der Waals surface area contributed by atoms with E-state index >= 15 is 0 Å². The van der Waals surface area contributed by atoms with Gasteiger partial charge in [0, 0.05) is 44.4 Å². The molecule has 3 aliphatic rings. The van der Waals surface area contributed by atoms with Crippen molar-refractivity contribution in [1.82, 2.24) is 5.32 Å². The van der Waals surface area contributed by atoms with Gasteiger partial charge in [-0.2, -0.15) is 0 Å². The van der Waals surface area contributed by atoms with Crippen LogP contribution in [0.1, 0.15) is 94.9 Å². The summed E-state index contributed by atoms with van der Waals surface area (Å²) >= 11 is 0. The number of ether oxygens (including phenoxy) is 7. The number of Topliss-reactive ketones (excluding diaryl/α,β-unsaturated/α-hetero) is 1. The molecule has 18 atom stereocenters. The highest BCUT2D eigenvalue weighted by Gasteiger charge is 2.54. The Balaban J connectivity index is 2.21. The number of rotatable bonds is 8. The summed E-state index contributed by atoms with van der Waals surface area (Å²) in [7, 11) is 4.75. The van der Waals surface area contributed by atoms with Gasteiger partial charge < -0.3 is 58.9 Å². The summed E-state index contributed by atoms with van der Waals surface area (Å²) < 4.78 is 43.7. The Morgan fingerprint density at radius 1 is 0.863 bits per heavy atom. The molecular formula is C37H67NO13. The van der Waals surface area contributed by atoms with Crippen molar-refractivity contribution in [2.75, 3.05) is 21.3 Å². The Morgan fingerprint density at radius 2 is 1.47 bits per heavy atom. The summed E-state index contributed by atoms with van der Waals surface area (Å²) in [5.41, 5.74) is -4.24. The van der Waals surface area contributed by atoms with Crippen LogP contribution in [0, 0.1) is 23.7 Å². The van der Waals surface area contributed by atoms with Gasteiger partial charge in [0.25, 0.3) is 0 Å². The second-order valence-electron chi connectivity index (χ2n) is 16.0. The molecule has 0 amide bonds. The Bertz CT molecular complexity index is 1160. The second kappa shape index (κ2) is 17.4. The maximum absolute atomic E-state index is 14.1. The van der Waals surface area contributed by atoms with E-state index in [2.05, 4.69) is 5.32 Å². The highest BCUT2D eigenvalue weighted by atomic mass is 16.7. The molecule has 298 valence electrons. The number of methoxy groups -OCH3 is 2. The highest BCUT2D eigenvalue weighted by molar-refractivity contribution is 5.83. The van der Waals surface area contributed by atoms with Crippen molar-refractivity contribution in [2.45, 2.75) is 179 Å². The first kappa shape index (κ1) is 44.1. The lowest BCUT2D eigenvalue weighted by Crippen LogP contribution is -2.61. The first-order valence-corrected chi connectivity index (χ1v) is 18.5. The van der Waals surface area contributed by atoms with Crippen LogP contribution in [0.5, 0.6) is 0 Å². The van der Waals surface area contributed by atoms with Gasteiger partial charge in [-0.05, 0) is 67.9 Å². The van der Waals surface area contributed by atoms with Crippen LogP contribution in [-0.4, -0.2) is 138 Å². The lowest BCUT2D eigenvalue weighted by Gasteiger charge is -2.49. The number of aliphatic hydroxyl groups excluding tert-OH is 3. The van der Waals surface area contributed by atoms with Crippen molar-refractivity contribution in [3.05, 3.63) is 0 Å². The minimum atomic E-state index is -1.96. The standard InChI is InChI=1S/C37H67NO13/c1-14-25-37(10,44)30(41)20(4)27(39)18(2)16-36(9,46-13)32(51-34-28(40)24(38-11)15-19(3)47-34)21(5)29(22(6)33(43)49-25)50-26-17-35(8,45-12)31(42)23(7)48-26/h18-26,28-32,34,38,40-42,44H,14-17H2,1-13H3/t18-,19-,20+,21-,22-,23+,24+,25-,26+,28-,29+,30+,31+,32-,34+,35-,36-,37-/m1/s1. The predicted octanol–water partition coefficient (Wildman–Crippen LogP) is 2.10. The second-order valence-corrected chi connectivity index (χ2v) is 16.0. The Hall–Kier alpha value is -1.30. The number of hydrogen-bond donors (Lipinski definition) is 5. The number of aliphatic hydroxyl groups is 4. The van der Waals surface area contributed by atoms with Gasteiger partial charge in [-0.1, -0.05) is 27.7 Å². The van der Waals surface area contributed by atoms with Crippen LogP contribution >= 0.6 is 0 Å². The van der Waals surface area contributed by atoms with E-state index in [1.807, 2.05) is 13.8 Å². The monoisotopic (exact) mass is 733 g/mol. The molecule has 14 nitrogen and oxygen atoms in total. The van der Waals surface area contributed by atoms with E-state index in [4.69, 9.17) is 33.2 Å². The average molecular weight is 734 g/mol. The third-order valence-electron chi connectivity index (χ3n) is 12.0. The maximum Gasteiger partial charge on any atom is 0.311 e. The Morgan fingerprint density at radius 3 is 2.02 bits per heavy atom. The summed E-state index contributed by atoms with van der Waals surface area (Å²) in [5, 5.41) is 48.4. The van der Waals surface area contributed by atoms with Crippen molar-refractivity contribution in [1.29, 1.82) is 0 Å². The van der Waals surface area contributed by atoms with Crippen LogP contribution in [0.25, 0.3) is 0 Å². The van der Waals surface area contributed by atoms with E-state index in [9.17, 15) is 30.0 Å². The topological polar surface area (TPSA) is 192 Å². The van der Waals surface area contributed by atoms with Crippen LogP contribution in [0.4, 0.5) is 0 Å². The zero-order valence-corrected chi connectivity index (χ0v) is 33.0. The summed E-state index contributed by atoms with van der Waals surface area (Å²) in [6.45, 7) is 17.0. The third-order valence-corrected chi connectivity index (χ3v) is 12.0. The summed E-state index contributed by atoms with van der Waals surface area (Å²) in [4.78, 5) is 28.1. The van der Waals surface area contributed by atoms with Gasteiger partial charge in [0.2, 0.25) is 0 Å². The molecule has 3 aliphatic heterocycles. The van der Waals surface area contributed by atoms with Crippen LogP contribution in [0.2, 0.25) is 0 Å². The van der Waals surface area contributed by atoms with Crippen molar-refractivity contribution in [3.8, 4) is 0 Å². The molecule has 3 rings (SSSR count). The van der Waals surface area contributed by atoms with Crippen molar-refractivity contribution in [3.63, 3.8) is 0 Å². The lowest BCUT2D eigenvalue weighted by atomic mass is 9.74. The van der Waals surface area contributed by atoms with Gasteiger partial charge in [0.05, 0.1) is 47.6 Å². The van der Waals surface area contributed by atoms with Crippen molar-refractivity contribution < 1.29 is 63.2 Å². The summed E-state index contributed by atoms with van der Waals surface area (Å²) in [6.07, 6.45) is -8.78. The fourth-order valence-corrected chi connectivity index (χ4v) is 8.38. The molecule has 0 radical (unpaired) electrons. The molecule has 0 aromatic heterocycles. The number of carbonyl (C=O) groups excluding carboxylic acids is 2. The molecule has 0 aromatic rings. The number of nitrogens with one attached hydrogen (secondary N) is 1. The fourth-order valence-electron chi connectivity index (χ4n) is 8.38. The van der Waals surface area contributed by atoms with Gasteiger partial charge >= 0.3 is 5.97 Å². The van der Waals surface area contributed by atoms with E-state index in [-0.39, 0.29) is 37.2 Å². The molecule has 0 spiro atoms. The molecule has 0 bridgehead atoms. The molecule has 14 heteroatoms. The largest absolute Gasteiger partial charge is 0.459 e. The smallest absolute Gasteiger partial charge is 0.311 e. The zero-order chi connectivity index (χ0) is 38.8. The number of ketones is 1. The molecule has 0 aromatic carbocycles. The number of carbonyl (C=O) groups is 2. The maximum atomic E-state index is 14.1. The van der Waals surface area contributed by atoms with Gasteiger partial charge in [0.15, 0.2) is 12.6 Å². The van der Waals surface area contributed by atoms with Gasteiger partial charge in [-0.25, -0.2) is 0 Å². The predicted molar refractivity (Wildman–Crippen MR) is 186 cm³/mol. The van der Waals surface area contributed by atoms with Crippen LogP contribution in [0.3, 0.4) is 0 Å². The van der Waals surface area contributed by atoms with E-state index in [1.165, 1.54) is 21.1 Å². The first-order chi connectivity index (χ1) is 23.6. The van der Waals surface area contributed by atoms with Crippen molar-refractivity contribution >= 4 is 11.8 Å². The molecule has 0 aliphatic carbocycles. The van der Waals surface area contributed by atoms with Crippen LogP contribution in [-0.2, 0) is 42.7 Å². The molecule has 3 heterocycles. The van der Waals surface area contributed by atoms with Crippen LogP contribution in [0.15, 0.2) is 0 Å². The number of hydrogen-bond acceptors (Lipinski definition) is 14. The SMILES string of the molecule is CC[C@H]1OC(=O)[C@H](C)[C@@H](O[C@H]2C[C@@](C)(OC)[C@@H](O)[C@H](C)O2)[C@@H](C)[C@@H](O[C@@H]2O[C@H](C)C[C@H](NC)[C@H]2O)[C@](C)(OC)C[C@@H](C)C(=O)[C@H](C)[C@H](O)[C@]1(C)O. The molecule has 0 unspecified atom stereocenters. The van der Waals surface area contributed by atoms with E-state index in [0.29, 0.717) is 6.42 Å². The van der Waals surface area contributed by atoms with E-state index < -0.39 is 102 Å². The molecular weight excluding hydrogens is 666 g/mol. The van der Waals surface area contributed by atoms with Gasteiger partial charge in [-0.15, -0.1) is 0 Å². The fraction of sp³-hybridized carbons (Fsp3) is 0.946. The summed E-state index contributed by atoms with van der Waals surface area (Å²) in [5.74, 6) is -4.47. The molecule has 3 fully saturated rings. The first-order valence-electron chi connectivity index (χ1n) is 18.5. The molecule has 5 N–H and O–H groups in total. The number of likely N-dealkylation sites (N-methyl/N-ethyl adjacent to an activating group) is 1. The Labute approximate surface area is 304 Å². The quantitative estimate of drug-likeness (QED) is 0.228. The molecule has 0 saturated carbocycles. The number of cyclic esters (lactones) is 1. The van der Waals surface area contributed by atoms with Crippen molar-refractivity contribution in [2.24, 2.45) is 23.7 Å². The average Bonchev–Trinajstić information content (AvgIpc) is 3.09. The van der Waals surface area contributed by atoms with E-state index in [1.54, 1.807) is 55.5 Å². The van der Waals surface area contributed by atoms with Gasteiger partial charge in [-0.3, -0.25) is 9.59 Å². The third kappa shape index (κ3) is 9.33. The Kier molecular flexibility index (Phi) is 15.1. The normalized spacial score (nSPS) is 49.6. The minimum absolute atomic E-state index is 0.109. The van der Waals surface area contributed by atoms with Gasteiger partial charge in [0.1, 0.15) is 29.7 Å². The minimum Gasteiger partial charge on any atom is -0.459 e. The molecule has 3 saturated heterocycles. The van der Waals surface area contributed by atoms with Crippen LogP contribution < -0.4 is 5.32 Å². The van der Waals surface area contributed by atoms with E-state index in [0.717, 1.165) is 0 Å². The molecule has 51 heavy (non-hydrogen) atoms. The zero-order valence-electron chi connectivity index (χ0n) is 33.0. The summed E-state index contributed by atoms with van der Waals surface area (Å²) in [6, 6.07) is -0.334. The number of esters is 1.